The maximum absolute atomic E-state index is 5.88. The van der Waals surface area contributed by atoms with Crippen LogP contribution >= 0.6 is 0 Å². The second-order valence-electron chi connectivity index (χ2n) is 5.10. The van der Waals surface area contributed by atoms with Crippen LogP contribution < -0.4 is 5.32 Å². The number of hydrogen-bond donors (Lipinski definition) is 1. The number of hydrogen-bond acceptors (Lipinski definition) is 2. The molecule has 0 aromatic heterocycles. The van der Waals surface area contributed by atoms with Gasteiger partial charge in [0.05, 0.1) is 6.10 Å². The molecule has 0 spiro atoms. The van der Waals surface area contributed by atoms with Gasteiger partial charge in [-0.3, -0.25) is 0 Å². The van der Waals surface area contributed by atoms with Crippen molar-refractivity contribution < 1.29 is 4.74 Å². The third kappa shape index (κ3) is 4.98. The predicted octanol–water partition coefficient (Wildman–Crippen LogP) is 2.97. The van der Waals surface area contributed by atoms with E-state index in [0.717, 1.165) is 19.1 Å². The fourth-order valence-electron chi connectivity index (χ4n) is 2.29. The fraction of sp³-hybridized carbons (Fsp3) is 1.00. The van der Waals surface area contributed by atoms with E-state index in [1.165, 1.54) is 32.1 Å². The van der Waals surface area contributed by atoms with Crippen LogP contribution in [0.2, 0.25) is 0 Å². The molecule has 2 unspecified atom stereocenters. The van der Waals surface area contributed by atoms with Crippen molar-refractivity contribution in [1.29, 1.82) is 0 Å². The number of ether oxygens (including phenoxy) is 1. The van der Waals surface area contributed by atoms with Gasteiger partial charge < -0.3 is 10.1 Å². The van der Waals surface area contributed by atoms with Gasteiger partial charge in [0, 0.05) is 12.6 Å². The van der Waals surface area contributed by atoms with Gasteiger partial charge in [-0.1, -0.05) is 20.8 Å². The molecule has 2 heteroatoms. The average molecular weight is 213 g/mol. The lowest BCUT2D eigenvalue weighted by atomic mass is 9.94. The summed E-state index contributed by atoms with van der Waals surface area (Å²) >= 11 is 0. The quantitative estimate of drug-likeness (QED) is 0.732. The molecular weight excluding hydrogens is 186 g/mol. The zero-order valence-electron chi connectivity index (χ0n) is 10.6. The lowest BCUT2D eigenvalue weighted by Gasteiger charge is -2.32. The number of nitrogens with one attached hydrogen (secondary N) is 1. The standard InChI is InChI=1S/C13H27NO/c1-4-8-14-12(10-11(2)3)13-7-5-6-9-15-13/h11-14H,4-10H2,1-3H3. The highest BCUT2D eigenvalue weighted by molar-refractivity contribution is 4.80. The molecule has 1 saturated heterocycles. The van der Waals surface area contributed by atoms with E-state index in [1.54, 1.807) is 0 Å². The summed E-state index contributed by atoms with van der Waals surface area (Å²) in [6.07, 6.45) is 6.75. The maximum atomic E-state index is 5.88. The Hall–Kier alpha value is -0.0800. The topological polar surface area (TPSA) is 21.3 Å². The van der Waals surface area contributed by atoms with Crippen molar-refractivity contribution in [3.63, 3.8) is 0 Å². The molecule has 0 aromatic rings. The predicted molar refractivity (Wildman–Crippen MR) is 65.1 cm³/mol. The molecule has 1 aliphatic rings. The van der Waals surface area contributed by atoms with Crippen molar-refractivity contribution in [2.75, 3.05) is 13.2 Å². The van der Waals surface area contributed by atoms with Crippen LogP contribution in [0.4, 0.5) is 0 Å². The molecule has 0 aromatic carbocycles. The summed E-state index contributed by atoms with van der Waals surface area (Å²) in [5.74, 6) is 0.755. The molecule has 0 saturated carbocycles. The first-order valence-electron chi connectivity index (χ1n) is 6.59. The summed E-state index contributed by atoms with van der Waals surface area (Å²) in [4.78, 5) is 0. The molecule has 1 fully saturated rings. The van der Waals surface area contributed by atoms with Gasteiger partial charge in [-0.25, -0.2) is 0 Å². The maximum Gasteiger partial charge on any atom is 0.0728 e. The summed E-state index contributed by atoms with van der Waals surface area (Å²) in [5.41, 5.74) is 0. The Morgan fingerprint density at radius 3 is 2.67 bits per heavy atom. The highest BCUT2D eigenvalue weighted by atomic mass is 16.5. The van der Waals surface area contributed by atoms with Gasteiger partial charge in [0.2, 0.25) is 0 Å². The van der Waals surface area contributed by atoms with Gasteiger partial charge >= 0.3 is 0 Å². The van der Waals surface area contributed by atoms with Crippen LogP contribution in [0, 0.1) is 5.92 Å². The first kappa shape index (κ1) is 13.0. The summed E-state index contributed by atoms with van der Waals surface area (Å²) < 4.78 is 5.88. The van der Waals surface area contributed by atoms with Gasteiger partial charge in [0.25, 0.3) is 0 Å². The van der Waals surface area contributed by atoms with Crippen LogP contribution in [0.5, 0.6) is 0 Å². The number of rotatable bonds is 6. The minimum absolute atomic E-state index is 0.465. The molecule has 0 aliphatic carbocycles. The van der Waals surface area contributed by atoms with E-state index >= 15 is 0 Å². The van der Waals surface area contributed by atoms with Crippen LogP contribution in [0.1, 0.15) is 52.9 Å². The second-order valence-corrected chi connectivity index (χ2v) is 5.10. The Morgan fingerprint density at radius 1 is 1.33 bits per heavy atom. The van der Waals surface area contributed by atoms with Crippen LogP contribution in [0.25, 0.3) is 0 Å². The third-order valence-electron chi connectivity index (χ3n) is 3.05. The lowest BCUT2D eigenvalue weighted by molar-refractivity contribution is -0.0117. The Labute approximate surface area is 94.8 Å². The first-order valence-corrected chi connectivity index (χ1v) is 6.59. The molecule has 0 radical (unpaired) electrons. The van der Waals surface area contributed by atoms with E-state index in [1.807, 2.05) is 0 Å². The zero-order chi connectivity index (χ0) is 11.1. The molecule has 1 N–H and O–H groups in total. The van der Waals surface area contributed by atoms with Crippen molar-refractivity contribution in [2.24, 2.45) is 5.92 Å². The Bertz CT molecular complexity index is 153. The zero-order valence-corrected chi connectivity index (χ0v) is 10.6. The average Bonchev–Trinajstić information content (AvgIpc) is 2.25. The monoisotopic (exact) mass is 213 g/mol. The third-order valence-corrected chi connectivity index (χ3v) is 3.05. The largest absolute Gasteiger partial charge is 0.377 e. The molecule has 15 heavy (non-hydrogen) atoms. The normalized spacial score (nSPS) is 24.4. The molecule has 1 rings (SSSR count). The lowest BCUT2D eigenvalue weighted by Crippen LogP contribution is -2.44. The van der Waals surface area contributed by atoms with Crippen molar-refractivity contribution in [3.05, 3.63) is 0 Å². The van der Waals surface area contributed by atoms with Gasteiger partial charge in [0.1, 0.15) is 0 Å². The Balaban J connectivity index is 2.37. The minimum Gasteiger partial charge on any atom is -0.377 e. The summed E-state index contributed by atoms with van der Waals surface area (Å²) in [6, 6.07) is 0.574. The van der Waals surface area contributed by atoms with Gasteiger partial charge in [0.15, 0.2) is 0 Å². The van der Waals surface area contributed by atoms with Crippen LogP contribution in [0.3, 0.4) is 0 Å². The molecule has 2 nitrogen and oxygen atoms in total. The molecule has 0 bridgehead atoms. The molecule has 2 atom stereocenters. The van der Waals surface area contributed by atoms with Crippen molar-refractivity contribution in [1.82, 2.24) is 5.32 Å². The van der Waals surface area contributed by atoms with Crippen molar-refractivity contribution >= 4 is 0 Å². The van der Waals surface area contributed by atoms with Crippen LogP contribution in [-0.2, 0) is 4.74 Å². The van der Waals surface area contributed by atoms with E-state index < -0.39 is 0 Å². The smallest absolute Gasteiger partial charge is 0.0728 e. The van der Waals surface area contributed by atoms with Gasteiger partial charge in [-0.15, -0.1) is 0 Å². The van der Waals surface area contributed by atoms with Crippen LogP contribution in [0.15, 0.2) is 0 Å². The molecule has 1 heterocycles. The van der Waals surface area contributed by atoms with E-state index in [-0.39, 0.29) is 0 Å². The summed E-state index contributed by atoms with van der Waals surface area (Å²) in [7, 11) is 0. The highest BCUT2D eigenvalue weighted by Crippen LogP contribution is 2.20. The molecular formula is C13H27NO. The summed E-state index contributed by atoms with van der Waals surface area (Å²) in [5, 5.41) is 3.65. The second kappa shape index (κ2) is 7.24. The molecule has 90 valence electrons. The first-order chi connectivity index (χ1) is 7.24. The molecule has 0 amide bonds. The Morgan fingerprint density at radius 2 is 2.13 bits per heavy atom. The highest BCUT2D eigenvalue weighted by Gasteiger charge is 2.24. The molecule has 1 aliphatic heterocycles. The SMILES string of the molecule is CCCNC(CC(C)C)C1CCCCO1. The van der Waals surface area contributed by atoms with E-state index in [9.17, 15) is 0 Å². The van der Waals surface area contributed by atoms with E-state index in [2.05, 4.69) is 26.1 Å². The van der Waals surface area contributed by atoms with E-state index in [0.29, 0.717) is 12.1 Å². The summed E-state index contributed by atoms with van der Waals surface area (Å²) in [6.45, 7) is 8.90. The minimum atomic E-state index is 0.465. The van der Waals surface area contributed by atoms with E-state index in [4.69, 9.17) is 4.74 Å². The van der Waals surface area contributed by atoms with Crippen molar-refractivity contribution in [2.45, 2.75) is 65.0 Å². The van der Waals surface area contributed by atoms with Crippen molar-refractivity contribution in [3.8, 4) is 0 Å². The fourth-order valence-corrected chi connectivity index (χ4v) is 2.29. The van der Waals surface area contributed by atoms with Gasteiger partial charge in [-0.2, -0.15) is 0 Å². The van der Waals surface area contributed by atoms with Gasteiger partial charge in [-0.05, 0) is 44.6 Å². The van der Waals surface area contributed by atoms with Crippen LogP contribution in [-0.4, -0.2) is 25.3 Å². The Kier molecular flexibility index (Phi) is 6.26.